The van der Waals surface area contributed by atoms with Gasteiger partial charge in [-0.2, -0.15) is 15.2 Å². The summed E-state index contributed by atoms with van der Waals surface area (Å²) < 4.78 is 3.60. The first kappa shape index (κ1) is 14.3. The Morgan fingerprint density at radius 2 is 2.14 bits per heavy atom. The minimum atomic E-state index is -0.473. The van der Waals surface area contributed by atoms with Gasteiger partial charge >= 0.3 is 0 Å². The summed E-state index contributed by atoms with van der Waals surface area (Å²) in [6.07, 6.45) is 1.46. The number of nitrogens with one attached hydrogen (secondary N) is 1. The maximum atomic E-state index is 12.0. The van der Waals surface area contributed by atoms with E-state index in [0.29, 0.717) is 17.2 Å². The maximum absolute atomic E-state index is 12.0. The molecule has 1 aliphatic rings. The normalized spacial score (nSPS) is 17.4. The number of aryl methyl sites for hydroxylation is 2. The van der Waals surface area contributed by atoms with Crippen LogP contribution in [0.4, 0.5) is 5.95 Å². The van der Waals surface area contributed by atoms with Crippen molar-refractivity contribution in [3.63, 3.8) is 0 Å². The van der Waals surface area contributed by atoms with Crippen molar-refractivity contribution in [2.45, 2.75) is 40.3 Å². The molecule has 8 nitrogen and oxygen atoms in total. The molecule has 0 saturated heterocycles. The highest BCUT2D eigenvalue weighted by Gasteiger charge is 2.35. The quantitative estimate of drug-likeness (QED) is 0.876. The smallest absolute Gasteiger partial charge is 0.248 e. The zero-order valence-electron chi connectivity index (χ0n) is 13.1. The van der Waals surface area contributed by atoms with Crippen molar-refractivity contribution in [1.82, 2.24) is 24.5 Å². The number of hydrogen-bond donors (Lipinski definition) is 2. The summed E-state index contributed by atoms with van der Waals surface area (Å²) in [5.41, 5.74) is 9.61. The van der Waals surface area contributed by atoms with E-state index in [-0.39, 0.29) is 0 Å². The number of fused-ring (bicyclic) bond motifs is 1. The van der Waals surface area contributed by atoms with Crippen LogP contribution in [0.15, 0.2) is 17.6 Å². The highest BCUT2D eigenvalue weighted by atomic mass is 16.1. The van der Waals surface area contributed by atoms with E-state index in [0.717, 1.165) is 23.5 Å². The van der Waals surface area contributed by atoms with Crippen molar-refractivity contribution in [3.8, 4) is 0 Å². The third-order valence-electron chi connectivity index (χ3n) is 4.07. The second-order valence-corrected chi connectivity index (χ2v) is 5.36. The monoisotopic (exact) mass is 301 g/mol. The lowest BCUT2D eigenvalue weighted by atomic mass is 9.94. The number of carbonyl (C=O) groups excluding carboxylic acids is 1. The molecule has 3 rings (SSSR count). The fourth-order valence-electron chi connectivity index (χ4n) is 3.09. The number of anilines is 1. The van der Waals surface area contributed by atoms with Crippen LogP contribution in [0.2, 0.25) is 0 Å². The maximum Gasteiger partial charge on any atom is 0.248 e. The number of primary amides is 1. The Balaban J connectivity index is 2.28. The molecular formula is C14H19N7O. The topological polar surface area (TPSA) is 104 Å². The number of nitrogens with two attached hydrogens (primary N) is 1. The van der Waals surface area contributed by atoms with Crippen molar-refractivity contribution < 1.29 is 4.79 Å². The van der Waals surface area contributed by atoms with E-state index in [1.165, 1.54) is 6.33 Å². The average molecular weight is 301 g/mol. The number of carbonyl (C=O) groups is 1. The second-order valence-electron chi connectivity index (χ2n) is 5.36. The highest BCUT2D eigenvalue weighted by molar-refractivity contribution is 5.95. The van der Waals surface area contributed by atoms with Gasteiger partial charge in [0.2, 0.25) is 11.9 Å². The lowest BCUT2D eigenvalue weighted by molar-refractivity contribution is -0.115. The Bertz CT molecular complexity index is 783. The molecule has 2 aromatic rings. The van der Waals surface area contributed by atoms with Crippen molar-refractivity contribution in [1.29, 1.82) is 0 Å². The summed E-state index contributed by atoms with van der Waals surface area (Å²) in [6.45, 7) is 8.53. The van der Waals surface area contributed by atoms with Gasteiger partial charge in [-0.15, -0.1) is 0 Å². The molecule has 0 bridgehead atoms. The third kappa shape index (κ3) is 1.91. The summed E-state index contributed by atoms with van der Waals surface area (Å²) >= 11 is 0. The zero-order chi connectivity index (χ0) is 16.0. The van der Waals surface area contributed by atoms with Crippen molar-refractivity contribution >= 4 is 11.9 Å². The van der Waals surface area contributed by atoms with Gasteiger partial charge in [-0.25, -0.2) is 4.68 Å². The summed E-state index contributed by atoms with van der Waals surface area (Å²) in [4.78, 5) is 16.2. The summed E-state index contributed by atoms with van der Waals surface area (Å²) in [6, 6.07) is -0.406. The molecule has 0 fully saturated rings. The number of aromatic nitrogens is 5. The van der Waals surface area contributed by atoms with Crippen LogP contribution < -0.4 is 11.1 Å². The molecule has 0 radical (unpaired) electrons. The Labute approximate surface area is 128 Å². The van der Waals surface area contributed by atoms with Gasteiger partial charge in [-0.05, 0) is 27.7 Å². The summed E-state index contributed by atoms with van der Waals surface area (Å²) in [5.74, 6) is 0.120. The minimum Gasteiger partial charge on any atom is -0.366 e. The largest absolute Gasteiger partial charge is 0.366 e. The predicted octanol–water partition coefficient (Wildman–Crippen LogP) is 0.886. The predicted molar refractivity (Wildman–Crippen MR) is 81.1 cm³/mol. The first-order chi connectivity index (χ1) is 10.5. The molecule has 0 saturated carbocycles. The molecule has 2 aromatic heterocycles. The van der Waals surface area contributed by atoms with E-state index < -0.39 is 11.9 Å². The van der Waals surface area contributed by atoms with Crippen molar-refractivity contribution in [2.75, 3.05) is 5.32 Å². The summed E-state index contributed by atoms with van der Waals surface area (Å²) in [7, 11) is 0. The molecule has 0 aromatic carbocycles. The molecule has 1 aliphatic heterocycles. The Kier molecular flexibility index (Phi) is 3.23. The number of allylic oxidation sites excluding steroid dienone is 1. The van der Waals surface area contributed by atoms with E-state index in [1.54, 1.807) is 4.68 Å². The van der Waals surface area contributed by atoms with Crippen molar-refractivity contribution in [3.05, 3.63) is 34.5 Å². The van der Waals surface area contributed by atoms with Crippen LogP contribution in [0.3, 0.4) is 0 Å². The van der Waals surface area contributed by atoms with Gasteiger partial charge < -0.3 is 11.1 Å². The van der Waals surface area contributed by atoms with Crippen LogP contribution in [-0.2, 0) is 11.3 Å². The SMILES string of the molecule is CCn1nc(C)c([C@@H]2C(C(N)=O)=C(C)Nc3ncnn32)c1C. The zero-order valence-corrected chi connectivity index (χ0v) is 13.1. The number of hydrogen-bond acceptors (Lipinski definition) is 5. The molecule has 3 N–H and O–H groups in total. The number of rotatable bonds is 3. The standard InChI is InChI=1S/C14H19N7O/c1-5-20-9(4)10(8(3)19-20)12-11(13(15)22)7(2)18-14-16-6-17-21(12)14/h6,12H,5H2,1-4H3,(H2,15,22)(H,16,17,18)/t12-/m1/s1. The number of nitrogens with zero attached hydrogens (tertiary/aromatic N) is 5. The van der Waals surface area contributed by atoms with Gasteiger partial charge in [-0.1, -0.05) is 0 Å². The van der Waals surface area contributed by atoms with E-state index >= 15 is 0 Å². The molecule has 0 unspecified atom stereocenters. The highest BCUT2D eigenvalue weighted by Crippen LogP contribution is 2.37. The van der Waals surface area contributed by atoms with Crippen LogP contribution in [-0.4, -0.2) is 30.5 Å². The third-order valence-corrected chi connectivity index (χ3v) is 4.07. The van der Waals surface area contributed by atoms with E-state index in [9.17, 15) is 4.79 Å². The molecular weight excluding hydrogens is 282 g/mol. The fourth-order valence-corrected chi connectivity index (χ4v) is 3.09. The van der Waals surface area contributed by atoms with Gasteiger partial charge in [0.05, 0.1) is 11.3 Å². The van der Waals surface area contributed by atoms with Gasteiger partial charge in [-0.3, -0.25) is 9.48 Å². The van der Waals surface area contributed by atoms with Crippen LogP contribution >= 0.6 is 0 Å². The van der Waals surface area contributed by atoms with Crippen LogP contribution in [0.25, 0.3) is 0 Å². The molecule has 8 heteroatoms. The molecule has 0 spiro atoms. The number of amides is 1. The molecule has 0 aliphatic carbocycles. The van der Waals surface area contributed by atoms with Crippen molar-refractivity contribution in [2.24, 2.45) is 5.73 Å². The lowest BCUT2D eigenvalue weighted by Crippen LogP contribution is -2.32. The molecule has 116 valence electrons. The second kappa shape index (κ2) is 4.97. The minimum absolute atomic E-state index is 0.406. The molecule has 1 amide bonds. The van der Waals surface area contributed by atoms with Crippen LogP contribution in [0, 0.1) is 13.8 Å². The van der Waals surface area contributed by atoms with Gasteiger partial charge in [0.1, 0.15) is 12.4 Å². The van der Waals surface area contributed by atoms with E-state index in [4.69, 9.17) is 5.73 Å². The van der Waals surface area contributed by atoms with Gasteiger partial charge in [0.15, 0.2) is 0 Å². The lowest BCUT2D eigenvalue weighted by Gasteiger charge is -2.27. The molecule has 1 atom stereocenters. The van der Waals surface area contributed by atoms with E-state index in [2.05, 4.69) is 20.5 Å². The van der Waals surface area contributed by atoms with Crippen LogP contribution in [0.5, 0.6) is 0 Å². The molecule has 3 heterocycles. The Morgan fingerprint density at radius 3 is 2.73 bits per heavy atom. The molecule has 22 heavy (non-hydrogen) atoms. The first-order valence-electron chi connectivity index (χ1n) is 7.16. The average Bonchev–Trinajstić information content (AvgIpc) is 3.01. The fraction of sp³-hybridized carbons (Fsp3) is 0.429. The van der Waals surface area contributed by atoms with Crippen LogP contribution in [0.1, 0.15) is 36.8 Å². The van der Waals surface area contributed by atoms with Gasteiger partial charge in [0, 0.05) is 23.5 Å². The Hall–Kier alpha value is -2.64. The van der Waals surface area contributed by atoms with Gasteiger partial charge in [0.25, 0.3) is 0 Å². The first-order valence-corrected chi connectivity index (χ1v) is 7.16. The van der Waals surface area contributed by atoms with E-state index in [1.807, 2.05) is 32.4 Å². The Morgan fingerprint density at radius 1 is 1.41 bits per heavy atom. The summed E-state index contributed by atoms with van der Waals surface area (Å²) in [5, 5.41) is 11.9.